The van der Waals surface area contributed by atoms with Crippen molar-refractivity contribution in [1.82, 2.24) is 10.2 Å². The standard InChI is InChI=1S/C21H25N3O3.ClH/c25-17(14-21-9-5-4-8-18(21)19(26)22-20(21)27)15-23-10-12-24(13-11-23)16-6-2-1-3-7-16;/h1-9,17-18,25H,10-15H2,(H,22,26,27);1H. The first-order valence-electron chi connectivity index (χ1n) is 9.50. The first-order chi connectivity index (χ1) is 13.1. The summed E-state index contributed by atoms with van der Waals surface area (Å²) in [4.78, 5) is 29.0. The van der Waals surface area contributed by atoms with Crippen LogP contribution in [0.3, 0.4) is 0 Å². The molecule has 3 atom stereocenters. The molecule has 2 aliphatic heterocycles. The smallest absolute Gasteiger partial charge is 0.237 e. The number of carbonyl (C=O) groups is 2. The highest BCUT2D eigenvalue weighted by atomic mass is 35.5. The summed E-state index contributed by atoms with van der Waals surface area (Å²) in [5, 5.41) is 13.1. The van der Waals surface area contributed by atoms with Crippen LogP contribution in [0, 0.1) is 11.3 Å². The Morgan fingerprint density at radius 1 is 1.11 bits per heavy atom. The number of hydrogen-bond acceptors (Lipinski definition) is 5. The lowest BCUT2D eigenvalue weighted by Gasteiger charge is -2.38. The van der Waals surface area contributed by atoms with Crippen molar-refractivity contribution in [2.24, 2.45) is 11.3 Å². The quantitative estimate of drug-likeness (QED) is 0.726. The van der Waals surface area contributed by atoms with Gasteiger partial charge in [0, 0.05) is 38.4 Å². The number of nitrogens with zero attached hydrogens (tertiary/aromatic N) is 2. The molecule has 1 aromatic carbocycles. The summed E-state index contributed by atoms with van der Waals surface area (Å²) in [6.45, 7) is 4.06. The van der Waals surface area contributed by atoms with E-state index in [1.807, 2.05) is 18.2 Å². The van der Waals surface area contributed by atoms with Crippen molar-refractivity contribution >= 4 is 29.9 Å². The molecule has 2 saturated heterocycles. The average molecular weight is 404 g/mol. The van der Waals surface area contributed by atoms with Crippen molar-refractivity contribution in [2.75, 3.05) is 37.6 Å². The number of hydrogen-bond donors (Lipinski definition) is 2. The molecule has 28 heavy (non-hydrogen) atoms. The summed E-state index contributed by atoms with van der Waals surface area (Å²) in [5.41, 5.74) is 0.275. The van der Waals surface area contributed by atoms with Crippen LogP contribution in [0.5, 0.6) is 0 Å². The van der Waals surface area contributed by atoms with Crippen LogP contribution in [0.1, 0.15) is 6.42 Å². The van der Waals surface area contributed by atoms with Gasteiger partial charge in [0.15, 0.2) is 0 Å². The number of halogens is 1. The molecular formula is C21H26ClN3O3. The first kappa shape index (κ1) is 20.6. The number of imide groups is 1. The Hall–Kier alpha value is -2.15. The minimum absolute atomic E-state index is 0. The largest absolute Gasteiger partial charge is 0.392 e. The number of carbonyl (C=O) groups excluding carboxylic acids is 2. The van der Waals surface area contributed by atoms with Crippen molar-refractivity contribution in [1.29, 1.82) is 0 Å². The molecule has 2 amide bonds. The number of piperazine rings is 1. The van der Waals surface area contributed by atoms with E-state index < -0.39 is 17.4 Å². The molecule has 7 heteroatoms. The van der Waals surface area contributed by atoms with Crippen molar-refractivity contribution in [3.05, 3.63) is 54.6 Å². The van der Waals surface area contributed by atoms with Gasteiger partial charge in [-0.3, -0.25) is 19.8 Å². The Bertz CT molecular complexity index is 774. The number of anilines is 1. The second-order valence-corrected chi connectivity index (χ2v) is 7.56. The SMILES string of the molecule is Cl.O=C1NC(=O)C2(CC(O)CN3CCN(c4ccccc4)CC3)C=CC=CC12. The zero-order valence-electron chi connectivity index (χ0n) is 15.7. The zero-order valence-corrected chi connectivity index (χ0v) is 16.5. The van der Waals surface area contributed by atoms with Gasteiger partial charge in [-0.2, -0.15) is 0 Å². The molecule has 6 nitrogen and oxygen atoms in total. The van der Waals surface area contributed by atoms with E-state index >= 15 is 0 Å². The van der Waals surface area contributed by atoms with Gasteiger partial charge in [-0.05, 0) is 18.6 Å². The number of benzene rings is 1. The lowest BCUT2D eigenvalue weighted by atomic mass is 9.71. The highest BCUT2D eigenvalue weighted by molar-refractivity contribution is 6.09. The van der Waals surface area contributed by atoms with Crippen molar-refractivity contribution in [2.45, 2.75) is 12.5 Å². The van der Waals surface area contributed by atoms with Crippen LogP contribution < -0.4 is 10.2 Å². The Morgan fingerprint density at radius 2 is 1.82 bits per heavy atom. The van der Waals surface area contributed by atoms with E-state index in [1.165, 1.54) is 5.69 Å². The van der Waals surface area contributed by atoms with Gasteiger partial charge in [-0.1, -0.05) is 42.5 Å². The highest BCUT2D eigenvalue weighted by Gasteiger charge is 2.53. The summed E-state index contributed by atoms with van der Waals surface area (Å²) in [7, 11) is 0. The fourth-order valence-electron chi connectivity index (χ4n) is 4.39. The van der Waals surface area contributed by atoms with Crippen LogP contribution in [-0.2, 0) is 9.59 Å². The molecule has 3 unspecified atom stereocenters. The number of nitrogens with one attached hydrogen (secondary N) is 1. The third-order valence-corrected chi connectivity index (χ3v) is 5.84. The first-order valence-corrected chi connectivity index (χ1v) is 9.50. The Morgan fingerprint density at radius 3 is 2.54 bits per heavy atom. The highest BCUT2D eigenvalue weighted by Crippen LogP contribution is 2.42. The molecular weight excluding hydrogens is 378 g/mol. The summed E-state index contributed by atoms with van der Waals surface area (Å²) in [6.07, 6.45) is 6.70. The maximum absolute atomic E-state index is 12.4. The molecule has 1 aliphatic carbocycles. The van der Waals surface area contributed by atoms with E-state index in [1.54, 1.807) is 24.3 Å². The van der Waals surface area contributed by atoms with Crippen LogP contribution >= 0.6 is 12.4 Å². The van der Waals surface area contributed by atoms with Gasteiger partial charge in [0.1, 0.15) is 0 Å². The van der Waals surface area contributed by atoms with Gasteiger partial charge < -0.3 is 10.0 Å². The molecule has 0 spiro atoms. The van der Waals surface area contributed by atoms with Crippen LogP contribution in [0.25, 0.3) is 0 Å². The molecule has 0 aromatic heterocycles. The third kappa shape index (κ3) is 3.85. The molecule has 4 rings (SSSR count). The number of aliphatic hydroxyl groups excluding tert-OH is 1. The second-order valence-electron chi connectivity index (χ2n) is 7.56. The molecule has 2 heterocycles. The molecule has 0 saturated carbocycles. The van der Waals surface area contributed by atoms with Crippen LogP contribution in [0.15, 0.2) is 54.6 Å². The third-order valence-electron chi connectivity index (χ3n) is 5.84. The van der Waals surface area contributed by atoms with Gasteiger partial charge in [-0.25, -0.2) is 0 Å². The van der Waals surface area contributed by atoms with Gasteiger partial charge in [0.2, 0.25) is 11.8 Å². The molecule has 3 aliphatic rings. The Kier molecular flexibility index (Phi) is 6.23. The lowest BCUT2D eigenvalue weighted by Crippen LogP contribution is -2.49. The van der Waals surface area contributed by atoms with Gasteiger partial charge in [0.05, 0.1) is 17.4 Å². The van der Waals surface area contributed by atoms with Crippen LogP contribution in [-0.4, -0.2) is 60.6 Å². The minimum Gasteiger partial charge on any atom is -0.392 e. The van der Waals surface area contributed by atoms with Crippen molar-refractivity contribution in [3.63, 3.8) is 0 Å². The number of fused-ring (bicyclic) bond motifs is 1. The van der Waals surface area contributed by atoms with E-state index in [4.69, 9.17) is 0 Å². The van der Waals surface area contributed by atoms with E-state index in [9.17, 15) is 14.7 Å². The molecule has 0 bridgehead atoms. The normalized spacial score (nSPS) is 27.9. The van der Waals surface area contributed by atoms with E-state index in [-0.39, 0.29) is 30.6 Å². The van der Waals surface area contributed by atoms with E-state index in [2.05, 4.69) is 27.2 Å². The van der Waals surface area contributed by atoms with Crippen LogP contribution in [0.2, 0.25) is 0 Å². The molecule has 0 radical (unpaired) electrons. The lowest BCUT2D eigenvalue weighted by molar-refractivity contribution is -0.128. The monoisotopic (exact) mass is 403 g/mol. The predicted octanol–water partition coefficient (Wildman–Crippen LogP) is 1.37. The molecule has 2 fully saturated rings. The number of rotatable bonds is 5. The summed E-state index contributed by atoms with van der Waals surface area (Å²) >= 11 is 0. The number of amides is 2. The van der Waals surface area contributed by atoms with Gasteiger partial charge >= 0.3 is 0 Å². The number of β-amino-alcohol motifs (C(OH)–C–C–N with tert-alkyl or cyclic N) is 1. The zero-order chi connectivity index (χ0) is 18.9. The number of para-hydroxylation sites is 1. The second kappa shape index (κ2) is 8.47. The van der Waals surface area contributed by atoms with E-state index in [0.717, 1.165) is 26.2 Å². The number of aliphatic hydroxyl groups is 1. The minimum atomic E-state index is -0.947. The summed E-state index contributed by atoms with van der Waals surface area (Å²) in [5.74, 6) is -1.09. The number of allylic oxidation sites excluding steroid dienone is 2. The van der Waals surface area contributed by atoms with Gasteiger partial charge in [0.25, 0.3) is 0 Å². The fourth-order valence-corrected chi connectivity index (χ4v) is 4.39. The maximum atomic E-state index is 12.4. The van der Waals surface area contributed by atoms with Crippen molar-refractivity contribution < 1.29 is 14.7 Å². The summed E-state index contributed by atoms with van der Waals surface area (Å²) < 4.78 is 0. The van der Waals surface area contributed by atoms with E-state index in [0.29, 0.717) is 6.54 Å². The Labute approximate surface area is 171 Å². The molecule has 150 valence electrons. The molecule has 1 aromatic rings. The van der Waals surface area contributed by atoms with Crippen molar-refractivity contribution in [3.8, 4) is 0 Å². The average Bonchev–Trinajstić information content (AvgIpc) is 2.93. The Balaban J connectivity index is 0.00000225. The predicted molar refractivity (Wildman–Crippen MR) is 110 cm³/mol. The topological polar surface area (TPSA) is 72.9 Å². The molecule has 2 N–H and O–H groups in total. The van der Waals surface area contributed by atoms with Crippen LogP contribution in [0.4, 0.5) is 5.69 Å². The maximum Gasteiger partial charge on any atom is 0.237 e. The van der Waals surface area contributed by atoms with Gasteiger partial charge in [-0.15, -0.1) is 12.4 Å². The summed E-state index contributed by atoms with van der Waals surface area (Å²) in [6, 6.07) is 10.3. The fraction of sp³-hybridized carbons (Fsp3) is 0.429.